The molecule has 39 heavy (non-hydrogen) atoms. The van der Waals surface area contributed by atoms with Crippen LogP contribution in [0.5, 0.6) is 0 Å². The second kappa shape index (κ2) is 9.48. The maximum Gasteiger partial charge on any atom is 0.416 e. The zero-order valence-corrected chi connectivity index (χ0v) is 21.9. The Hall–Kier alpha value is -3.17. The molecule has 1 aromatic carbocycles. The predicted octanol–water partition coefficient (Wildman–Crippen LogP) is 5.63. The van der Waals surface area contributed by atoms with E-state index in [9.17, 15) is 27.2 Å². The average Bonchev–Trinajstić information content (AvgIpc) is 3.76. The third-order valence-electron chi connectivity index (χ3n) is 8.99. The monoisotopic (exact) mass is 544 g/mol. The van der Waals surface area contributed by atoms with Gasteiger partial charge in [-0.25, -0.2) is 4.39 Å². The van der Waals surface area contributed by atoms with Crippen molar-refractivity contribution in [3.63, 3.8) is 0 Å². The van der Waals surface area contributed by atoms with Crippen LogP contribution in [0.15, 0.2) is 30.5 Å². The van der Waals surface area contributed by atoms with Crippen molar-refractivity contribution in [2.24, 2.45) is 17.8 Å². The number of alkyl halides is 3. The Morgan fingerprint density at radius 3 is 2.49 bits per heavy atom. The SMILES string of the molecule is Cc1cc(C(=O)N2C3C(C)C3C[C@@H]2C(=O)N[C@@H](c2ccc(C(F)(F)F)cc2F)C2CC2)c(NC2CCC2)cn1. The number of halogens is 4. The van der Waals surface area contributed by atoms with Gasteiger partial charge < -0.3 is 15.5 Å². The van der Waals surface area contributed by atoms with Gasteiger partial charge in [0.05, 0.1) is 29.1 Å². The van der Waals surface area contributed by atoms with Crippen LogP contribution < -0.4 is 10.6 Å². The Balaban J connectivity index is 1.25. The highest BCUT2D eigenvalue weighted by atomic mass is 19.4. The normalized spacial score (nSPS) is 27.0. The van der Waals surface area contributed by atoms with Gasteiger partial charge in [0, 0.05) is 23.3 Å². The number of hydrogen-bond donors (Lipinski definition) is 2. The van der Waals surface area contributed by atoms with Crippen molar-refractivity contribution in [3.8, 4) is 0 Å². The van der Waals surface area contributed by atoms with E-state index in [1.807, 2.05) is 6.92 Å². The lowest BCUT2D eigenvalue weighted by Crippen LogP contribution is -2.49. The summed E-state index contributed by atoms with van der Waals surface area (Å²) in [6.45, 7) is 3.89. The molecule has 10 heteroatoms. The largest absolute Gasteiger partial charge is 0.416 e. The molecular weight excluding hydrogens is 512 g/mol. The fourth-order valence-corrected chi connectivity index (χ4v) is 6.27. The molecule has 4 fully saturated rings. The number of nitrogens with one attached hydrogen (secondary N) is 2. The van der Waals surface area contributed by atoms with Crippen molar-refractivity contribution < 1.29 is 27.2 Å². The van der Waals surface area contributed by atoms with E-state index in [-0.39, 0.29) is 35.3 Å². The highest BCUT2D eigenvalue weighted by molar-refractivity contribution is 6.02. The van der Waals surface area contributed by atoms with Gasteiger partial charge >= 0.3 is 6.18 Å². The molecule has 6 nitrogen and oxygen atoms in total. The van der Waals surface area contributed by atoms with Crippen LogP contribution in [0.25, 0.3) is 0 Å². The zero-order chi connectivity index (χ0) is 27.6. The highest BCUT2D eigenvalue weighted by Gasteiger charge is 2.62. The number of nitrogens with zero attached hydrogens (tertiary/aromatic N) is 2. The van der Waals surface area contributed by atoms with E-state index in [4.69, 9.17) is 0 Å². The fourth-order valence-electron chi connectivity index (χ4n) is 6.27. The van der Waals surface area contributed by atoms with Crippen LogP contribution in [0.4, 0.5) is 23.2 Å². The van der Waals surface area contributed by atoms with E-state index in [1.165, 1.54) is 0 Å². The summed E-state index contributed by atoms with van der Waals surface area (Å²) in [6.07, 6.45) is 2.21. The molecule has 4 aliphatic rings. The van der Waals surface area contributed by atoms with E-state index in [1.54, 1.807) is 17.2 Å². The zero-order valence-electron chi connectivity index (χ0n) is 21.9. The molecule has 2 heterocycles. The number of piperidine rings is 1. The molecule has 208 valence electrons. The van der Waals surface area contributed by atoms with Gasteiger partial charge in [-0.3, -0.25) is 14.6 Å². The first-order valence-electron chi connectivity index (χ1n) is 13.8. The highest BCUT2D eigenvalue weighted by Crippen LogP contribution is 2.54. The molecule has 2 N–H and O–H groups in total. The topological polar surface area (TPSA) is 74.3 Å². The molecule has 3 saturated carbocycles. The second-order valence-electron chi connectivity index (χ2n) is 11.7. The van der Waals surface area contributed by atoms with E-state index in [0.717, 1.165) is 44.2 Å². The number of aromatic nitrogens is 1. The van der Waals surface area contributed by atoms with Crippen LogP contribution in [-0.4, -0.2) is 39.8 Å². The number of rotatable bonds is 7. The van der Waals surface area contributed by atoms with E-state index in [0.29, 0.717) is 35.5 Å². The number of carbonyl (C=O) groups excluding carboxylic acids is 2. The summed E-state index contributed by atoms with van der Waals surface area (Å²) in [6, 6.07) is 2.98. The summed E-state index contributed by atoms with van der Waals surface area (Å²) in [5.41, 5.74) is 0.827. The minimum absolute atomic E-state index is 0.0463. The molecule has 3 aliphatic carbocycles. The molecule has 3 unspecified atom stereocenters. The van der Waals surface area contributed by atoms with Gasteiger partial charge in [-0.05, 0) is 81.4 Å². The summed E-state index contributed by atoms with van der Waals surface area (Å²) < 4.78 is 54.1. The number of hydrogen-bond acceptors (Lipinski definition) is 4. The number of carbonyl (C=O) groups is 2. The molecular formula is C29H32F4N4O2. The van der Waals surface area contributed by atoms with E-state index < -0.39 is 35.5 Å². The third-order valence-corrected chi connectivity index (χ3v) is 8.99. The number of pyridine rings is 1. The third kappa shape index (κ3) is 4.87. The van der Waals surface area contributed by atoms with Crippen molar-refractivity contribution in [2.45, 2.75) is 82.7 Å². The predicted molar refractivity (Wildman–Crippen MR) is 136 cm³/mol. The van der Waals surface area contributed by atoms with Gasteiger partial charge in [-0.1, -0.05) is 13.0 Å². The number of fused-ring (bicyclic) bond motifs is 1. The summed E-state index contributed by atoms with van der Waals surface area (Å²) in [4.78, 5) is 33.7. The number of amides is 2. The van der Waals surface area contributed by atoms with Crippen LogP contribution in [-0.2, 0) is 11.0 Å². The lowest BCUT2D eigenvalue weighted by molar-refractivity contribution is -0.137. The standard InChI is InChI=1S/C29H32F4N4O2/c1-14-10-21(23(13-34-14)35-18-4-3-5-18)28(39)37-24(12-20-15(2)26(20)37)27(38)36-25(16-6-7-16)19-9-8-17(11-22(19)30)29(31,32)33/h8-11,13,15-16,18,20,24-26,35H,3-7,12H2,1-2H3,(H,36,38)/t15?,20?,24-,25-,26?/m1/s1. The van der Waals surface area contributed by atoms with Gasteiger partial charge in [-0.15, -0.1) is 0 Å². The Bertz CT molecular complexity index is 1310. The number of anilines is 1. The van der Waals surface area contributed by atoms with Gasteiger partial charge in [0.25, 0.3) is 5.91 Å². The van der Waals surface area contributed by atoms with Gasteiger partial charge in [-0.2, -0.15) is 13.2 Å². The molecule has 1 aromatic heterocycles. The minimum atomic E-state index is -4.65. The van der Waals surface area contributed by atoms with Crippen molar-refractivity contribution in [1.29, 1.82) is 0 Å². The first-order chi connectivity index (χ1) is 18.5. The first-order valence-corrected chi connectivity index (χ1v) is 13.8. The molecule has 0 bridgehead atoms. The van der Waals surface area contributed by atoms with E-state index in [2.05, 4.69) is 22.5 Å². The summed E-state index contributed by atoms with van der Waals surface area (Å²) in [5, 5.41) is 6.35. The Labute approximate surface area is 224 Å². The lowest BCUT2D eigenvalue weighted by atomic mass is 9.92. The van der Waals surface area contributed by atoms with Crippen molar-refractivity contribution in [3.05, 3.63) is 58.7 Å². The molecule has 1 saturated heterocycles. The first kappa shape index (κ1) is 26.1. The Morgan fingerprint density at radius 1 is 1.13 bits per heavy atom. The fraction of sp³-hybridized carbons (Fsp3) is 0.552. The van der Waals surface area contributed by atoms with Crippen molar-refractivity contribution in [2.75, 3.05) is 5.32 Å². The molecule has 0 radical (unpaired) electrons. The Morgan fingerprint density at radius 2 is 1.87 bits per heavy atom. The molecule has 2 aromatic rings. The molecule has 0 spiro atoms. The van der Waals surface area contributed by atoms with Gasteiger partial charge in [0.1, 0.15) is 11.9 Å². The summed E-state index contributed by atoms with van der Waals surface area (Å²) in [7, 11) is 0. The van der Waals surface area contributed by atoms with Crippen LogP contribution in [0.3, 0.4) is 0 Å². The number of benzene rings is 1. The number of aryl methyl sites for hydroxylation is 1. The minimum Gasteiger partial charge on any atom is -0.380 e. The van der Waals surface area contributed by atoms with Crippen molar-refractivity contribution in [1.82, 2.24) is 15.2 Å². The maximum atomic E-state index is 14.9. The van der Waals surface area contributed by atoms with Gasteiger partial charge in [0.15, 0.2) is 0 Å². The smallest absolute Gasteiger partial charge is 0.380 e. The number of likely N-dealkylation sites (tertiary alicyclic amines) is 1. The van der Waals surface area contributed by atoms with Crippen molar-refractivity contribution >= 4 is 17.5 Å². The molecule has 2 amide bonds. The van der Waals surface area contributed by atoms with Crippen LogP contribution in [0.2, 0.25) is 0 Å². The lowest BCUT2D eigenvalue weighted by Gasteiger charge is -2.32. The summed E-state index contributed by atoms with van der Waals surface area (Å²) in [5.74, 6) is -1.19. The maximum absolute atomic E-state index is 14.9. The van der Waals surface area contributed by atoms with Crippen LogP contribution in [0.1, 0.15) is 78.7 Å². The molecule has 5 atom stereocenters. The van der Waals surface area contributed by atoms with Crippen LogP contribution >= 0.6 is 0 Å². The molecule has 6 rings (SSSR count). The van der Waals surface area contributed by atoms with E-state index >= 15 is 0 Å². The Kier molecular flexibility index (Phi) is 6.34. The summed E-state index contributed by atoms with van der Waals surface area (Å²) >= 11 is 0. The second-order valence-corrected chi connectivity index (χ2v) is 11.7. The van der Waals surface area contributed by atoms with Gasteiger partial charge in [0.2, 0.25) is 5.91 Å². The molecule has 1 aliphatic heterocycles. The quantitative estimate of drug-likeness (QED) is 0.444. The van der Waals surface area contributed by atoms with Crippen LogP contribution in [0, 0.1) is 30.5 Å². The average molecular weight is 545 g/mol.